The molecule has 0 bridgehead atoms. The minimum absolute atomic E-state index is 0.0966. The largest absolute Gasteiger partial charge is 0.455 e. The lowest BCUT2D eigenvalue weighted by atomic mass is 9.70. The number of ether oxygens (including phenoxy) is 1. The number of carbonyl (C=O) groups is 2. The van der Waals surface area contributed by atoms with Crippen LogP contribution in [0.1, 0.15) is 57.8 Å². The van der Waals surface area contributed by atoms with Crippen LogP contribution in [-0.4, -0.2) is 28.3 Å². The van der Waals surface area contributed by atoms with Crippen LogP contribution in [0.25, 0.3) is 5.69 Å². The highest BCUT2D eigenvalue weighted by Gasteiger charge is 2.33. The Morgan fingerprint density at radius 1 is 1.10 bits per heavy atom. The number of anilines is 1. The molecule has 1 aromatic carbocycles. The van der Waals surface area contributed by atoms with E-state index in [1.54, 1.807) is 4.68 Å². The molecule has 3 rings (SSSR count). The summed E-state index contributed by atoms with van der Waals surface area (Å²) in [7, 11) is 0. The number of hydrogen-bond donors (Lipinski definition) is 1. The number of esters is 1. The quantitative estimate of drug-likeness (QED) is 0.716. The maximum Gasteiger partial charge on any atom is 0.309 e. The molecule has 30 heavy (non-hydrogen) atoms. The molecular formula is C24H33N3O3. The van der Waals surface area contributed by atoms with E-state index in [4.69, 9.17) is 4.74 Å². The van der Waals surface area contributed by atoms with Gasteiger partial charge in [0, 0.05) is 0 Å². The lowest BCUT2D eigenvalue weighted by molar-refractivity contribution is -0.153. The number of carbonyl (C=O) groups excluding carboxylic acids is 2. The van der Waals surface area contributed by atoms with Crippen molar-refractivity contribution in [2.24, 2.45) is 17.3 Å². The molecule has 1 saturated carbocycles. The Morgan fingerprint density at radius 3 is 2.33 bits per heavy atom. The Bertz CT molecular complexity index is 888. The van der Waals surface area contributed by atoms with E-state index in [0.717, 1.165) is 42.8 Å². The van der Waals surface area contributed by atoms with Gasteiger partial charge in [-0.05, 0) is 63.0 Å². The molecule has 1 aliphatic carbocycles. The van der Waals surface area contributed by atoms with Gasteiger partial charge in [0.15, 0.2) is 6.61 Å². The van der Waals surface area contributed by atoms with Crippen LogP contribution in [0.4, 0.5) is 5.69 Å². The van der Waals surface area contributed by atoms with Crippen LogP contribution in [0.15, 0.2) is 30.3 Å². The van der Waals surface area contributed by atoms with Gasteiger partial charge in [-0.15, -0.1) is 0 Å². The Morgan fingerprint density at radius 2 is 1.73 bits per heavy atom. The fourth-order valence-corrected chi connectivity index (χ4v) is 4.27. The van der Waals surface area contributed by atoms with Crippen LogP contribution in [0.2, 0.25) is 0 Å². The van der Waals surface area contributed by atoms with Crippen molar-refractivity contribution in [2.45, 2.75) is 60.3 Å². The summed E-state index contributed by atoms with van der Waals surface area (Å²) in [6, 6.07) is 9.75. The standard InChI is InChI=1S/C24H33N3O3/c1-16-22(17(2)27(26-16)20-9-7-6-8-10-20)25-21(28)15-30-23(29)18-11-13-19(14-12-18)24(3,4)5/h6-10,18-19H,11-15H2,1-5H3,(H,25,28). The first-order valence-electron chi connectivity index (χ1n) is 10.7. The Labute approximate surface area is 179 Å². The first kappa shape index (κ1) is 22.1. The van der Waals surface area contributed by atoms with Crippen LogP contribution < -0.4 is 5.32 Å². The molecular weight excluding hydrogens is 378 g/mol. The molecule has 0 aliphatic heterocycles. The molecule has 2 aromatic rings. The first-order chi connectivity index (χ1) is 14.2. The molecule has 0 saturated heterocycles. The number of rotatable bonds is 5. The highest BCUT2D eigenvalue weighted by Crippen LogP contribution is 2.40. The molecule has 0 atom stereocenters. The van der Waals surface area contributed by atoms with Crippen molar-refractivity contribution in [1.82, 2.24) is 9.78 Å². The van der Waals surface area contributed by atoms with E-state index < -0.39 is 0 Å². The second-order valence-electron chi connectivity index (χ2n) is 9.36. The molecule has 162 valence electrons. The zero-order valence-corrected chi connectivity index (χ0v) is 18.7. The number of hydrogen-bond acceptors (Lipinski definition) is 4. The number of aromatic nitrogens is 2. The lowest BCUT2D eigenvalue weighted by Crippen LogP contribution is -2.31. The van der Waals surface area contributed by atoms with Gasteiger partial charge in [-0.2, -0.15) is 5.10 Å². The van der Waals surface area contributed by atoms with E-state index in [0.29, 0.717) is 11.6 Å². The average molecular weight is 412 g/mol. The number of nitrogens with one attached hydrogen (secondary N) is 1. The smallest absolute Gasteiger partial charge is 0.309 e. The van der Waals surface area contributed by atoms with Gasteiger partial charge in [0.2, 0.25) is 0 Å². The zero-order chi connectivity index (χ0) is 21.9. The third kappa shape index (κ3) is 5.10. The van der Waals surface area contributed by atoms with Gasteiger partial charge in [-0.3, -0.25) is 9.59 Å². The average Bonchev–Trinajstić information content (AvgIpc) is 3.00. The minimum atomic E-state index is -0.342. The van der Waals surface area contributed by atoms with Crippen molar-refractivity contribution in [3.05, 3.63) is 41.7 Å². The topological polar surface area (TPSA) is 73.2 Å². The lowest BCUT2D eigenvalue weighted by Gasteiger charge is -2.36. The Kier molecular flexibility index (Phi) is 6.64. The van der Waals surface area contributed by atoms with Gasteiger partial charge in [0.25, 0.3) is 5.91 Å². The van der Waals surface area contributed by atoms with Crippen molar-refractivity contribution < 1.29 is 14.3 Å². The summed E-state index contributed by atoms with van der Waals surface area (Å²) in [5.41, 5.74) is 3.41. The molecule has 0 spiro atoms. The van der Waals surface area contributed by atoms with Crippen molar-refractivity contribution in [2.75, 3.05) is 11.9 Å². The molecule has 1 heterocycles. The predicted octanol–water partition coefficient (Wildman–Crippen LogP) is 4.82. The summed E-state index contributed by atoms with van der Waals surface area (Å²) in [6.45, 7) is 10.2. The van der Waals surface area contributed by atoms with Gasteiger partial charge in [0.05, 0.1) is 28.7 Å². The van der Waals surface area contributed by atoms with Gasteiger partial charge in [0.1, 0.15) is 0 Å². The Balaban J connectivity index is 1.53. The van der Waals surface area contributed by atoms with Crippen molar-refractivity contribution >= 4 is 17.6 Å². The second kappa shape index (κ2) is 9.02. The number of para-hydroxylation sites is 1. The van der Waals surface area contributed by atoms with E-state index in [9.17, 15) is 9.59 Å². The molecule has 1 N–H and O–H groups in total. The fourth-order valence-electron chi connectivity index (χ4n) is 4.27. The van der Waals surface area contributed by atoms with Crippen LogP contribution in [0.3, 0.4) is 0 Å². The van der Waals surface area contributed by atoms with E-state index in [-0.39, 0.29) is 29.8 Å². The van der Waals surface area contributed by atoms with Gasteiger partial charge >= 0.3 is 5.97 Å². The third-order valence-corrected chi connectivity index (χ3v) is 6.19. The fraction of sp³-hybridized carbons (Fsp3) is 0.542. The summed E-state index contributed by atoms with van der Waals surface area (Å²) in [6.07, 6.45) is 3.74. The molecule has 0 radical (unpaired) electrons. The van der Waals surface area contributed by atoms with E-state index in [2.05, 4.69) is 31.2 Å². The van der Waals surface area contributed by atoms with Crippen LogP contribution >= 0.6 is 0 Å². The zero-order valence-electron chi connectivity index (χ0n) is 18.7. The summed E-state index contributed by atoms with van der Waals surface area (Å²) < 4.78 is 7.13. The molecule has 1 aromatic heterocycles. The van der Waals surface area contributed by atoms with E-state index in [1.807, 2.05) is 44.2 Å². The van der Waals surface area contributed by atoms with Crippen molar-refractivity contribution in [3.8, 4) is 5.69 Å². The molecule has 6 nitrogen and oxygen atoms in total. The van der Waals surface area contributed by atoms with Crippen molar-refractivity contribution in [3.63, 3.8) is 0 Å². The van der Waals surface area contributed by atoms with Crippen molar-refractivity contribution in [1.29, 1.82) is 0 Å². The maximum absolute atomic E-state index is 12.4. The molecule has 0 unspecified atom stereocenters. The number of amides is 1. The van der Waals surface area contributed by atoms with E-state index >= 15 is 0 Å². The molecule has 6 heteroatoms. The summed E-state index contributed by atoms with van der Waals surface area (Å²) in [5.74, 6) is -0.0610. The summed E-state index contributed by atoms with van der Waals surface area (Å²) >= 11 is 0. The van der Waals surface area contributed by atoms with Crippen LogP contribution in [0.5, 0.6) is 0 Å². The molecule has 1 aliphatic rings. The SMILES string of the molecule is Cc1nn(-c2ccccc2)c(C)c1NC(=O)COC(=O)C1CCC(C(C)(C)C)CC1. The van der Waals surface area contributed by atoms with Crippen LogP contribution in [-0.2, 0) is 14.3 Å². The highest BCUT2D eigenvalue weighted by molar-refractivity contribution is 5.94. The Hall–Kier alpha value is -2.63. The third-order valence-electron chi connectivity index (χ3n) is 6.19. The number of nitrogens with zero attached hydrogens (tertiary/aromatic N) is 2. The predicted molar refractivity (Wildman–Crippen MR) is 118 cm³/mol. The van der Waals surface area contributed by atoms with Gasteiger partial charge in [-0.25, -0.2) is 4.68 Å². The second-order valence-corrected chi connectivity index (χ2v) is 9.36. The normalized spacial score (nSPS) is 19.4. The first-order valence-corrected chi connectivity index (χ1v) is 10.7. The maximum atomic E-state index is 12.4. The minimum Gasteiger partial charge on any atom is -0.455 e. The molecule has 1 fully saturated rings. The number of benzene rings is 1. The van der Waals surface area contributed by atoms with Gasteiger partial charge in [-0.1, -0.05) is 39.0 Å². The van der Waals surface area contributed by atoms with Gasteiger partial charge < -0.3 is 10.1 Å². The highest BCUT2D eigenvalue weighted by atomic mass is 16.5. The summed E-state index contributed by atoms with van der Waals surface area (Å²) in [4.78, 5) is 24.8. The molecule has 1 amide bonds. The van der Waals surface area contributed by atoms with E-state index in [1.165, 1.54) is 0 Å². The monoisotopic (exact) mass is 411 g/mol. The number of aryl methyl sites for hydroxylation is 1. The van der Waals surface area contributed by atoms with Crippen LogP contribution in [0, 0.1) is 31.1 Å². The summed E-state index contributed by atoms with van der Waals surface area (Å²) in [5, 5.41) is 7.38.